The maximum atomic E-state index is 13.2. The van der Waals surface area contributed by atoms with Crippen LogP contribution in [0.1, 0.15) is 25.0 Å². The molecule has 0 heterocycles. The summed E-state index contributed by atoms with van der Waals surface area (Å²) in [5.41, 5.74) is 2.10. The normalized spacial score (nSPS) is 11.0. The van der Waals surface area contributed by atoms with Gasteiger partial charge in [-0.1, -0.05) is 31.5 Å². The molecule has 21 heavy (non-hydrogen) atoms. The molecule has 2 nitrogen and oxygen atoms in total. The Balaban J connectivity index is 2.23. The highest BCUT2D eigenvalue weighted by Gasteiger charge is 2.08. The fraction of sp³-hybridized carbons (Fsp3) is 0.294. The molecule has 0 aliphatic rings. The fourth-order valence-electron chi connectivity index (χ4n) is 1.93. The van der Waals surface area contributed by atoms with Crippen LogP contribution in [0.15, 0.2) is 36.4 Å². The van der Waals surface area contributed by atoms with Gasteiger partial charge >= 0.3 is 0 Å². The van der Waals surface area contributed by atoms with Gasteiger partial charge in [0.05, 0.1) is 0 Å². The summed E-state index contributed by atoms with van der Waals surface area (Å²) in [5, 5.41) is 3.32. The summed E-state index contributed by atoms with van der Waals surface area (Å²) >= 11 is 0. The van der Waals surface area contributed by atoms with Crippen molar-refractivity contribution in [3.8, 4) is 11.5 Å². The second-order valence-corrected chi connectivity index (χ2v) is 5.32. The molecule has 2 rings (SSSR count). The molecule has 0 bridgehead atoms. The lowest BCUT2D eigenvalue weighted by molar-refractivity contribution is 0.453. The number of benzene rings is 2. The summed E-state index contributed by atoms with van der Waals surface area (Å²) in [5.74, 6) is -0.877. The molecule has 0 saturated carbocycles. The van der Waals surface area contributed by atoms with Crippen LogP contribution in [0, 0.1) is 18.6 Å². The predicted molar refractivity (Wildman–Crippen MR) is 79.6 cm³/mol. The van der Waals surface area contributed by atoms with Crippen molar-refractivity contribution in [2.75, 3.05) is 0 Å². The summed E-state index contributed by atoms with van der Waals surface area (Å²) in [6, 6.07) is 9.66. The van der Waals surface area contributed by atoms with Gasteiger partial charge in [0.2, 0.25) is 0 Å². The number of halogens is 2. The fourth-order valence-corrected chi connectivity index (χ4v) is 1.93. The molecule has 0 saturated heterocycles. The van der Waals surface area contributed by atoms with Crippen LogP contribution in [0.4, 0.5) is 8.78 Å². The first-order chi connectivity index (χ1) is 9.95. The number of aryl methyl sites for hydroxylation is 1. The highest BCUT2D eigenvalue weighted by Crippen LogP contribution is 2.27. The van der Waals surface area contributed by atoms with Crippen LogP contribution in [0.2, 0.25) is 0 Å². The number of hydrogen-bond acceptors (Lipinski definition) is 2. The van der Waals surface area contributed by atoms with Crippen LogP contribution in [0.25, 0.3) is 0 Å². The topological polar surface area (TPSA) is 21.3 Å². The Bertz CT molecular complexity index is 626. The Morgan fingerprint density at radius 3 is 2.48 bits per heavy atom. The SMILES string of the molecule is Cc1ccc(Oc2ccc(F)c(F)c2)c(CNC(C)C)c1. The minimum atomic E-state index is -0.915. The maximum absolute atomic E-state index is 13.2. The molecule has 4 heteroatoms. The standard InChI is InChI=1S/C17H19F2NO/c1-11(2)20-10-13-8-12(3)4-7-17(13)21-14-5-6-15(18)16(19)9-14/h4-9,11,20H,10H2,1-3H3. The minimum Gasteiger partial charge on any atom is -0.457 e. The van der Waals surface area contributed by atoms with Gasteiger partial charge < -0.3 is 10.1 Å². The predicted octanol–water partition coefficient (Wildman–Crippen LogP) is 4.56. The van der Waals surface area contributed by atoms with Crippen LogP contribution in [0.3, 0.4) is 0 Å². The summed E-state index contributed by atoms with van der Waals surface area (Å²) in [6.45, 7) is 6.77. The molecule has 0 amide bonds. The van der Waals surface area contributed by atoms with Gasteiger partial charge in [-0.3, -0.25) is 0 Å². The van der Waals surface area contributed by atoms with Gasteiger partial charge in [0.25, 0.3) is 0 Å². The van der Waals surface area contributed by atoms with Crippen molar-refractivity contribution in [1.29, 1.82) is 0 Å². The molecule has 0 unspecified atom stereocenters. The molecule has 0 radical (unpaired) electrons. The van der Waals surface area contributed by atoms with Crippen molar-refractivity contribution in [2.24, 2.45) is 0 Å². The average Bonchev–Trinajstić information content (AvgIpc) is 2.43. The quantitative estimate of drug-likeness (QED) is 0.871. The van der Waals surface area contributed by atoms with Gasteiger partial charge in [0.1, 0.15) is 11.5 Å². The monoisotopic (exact) mass is 291 g/mol. The van der Waals surface area contributed by atoms with Crippen LogP contribution in [-0.4, -0.2) is 6.04 Å². The Labute approximate surface area is 123 Å². The highest BCUT2D eigenvalue weighted by molar-refractivity contribution is 5.40. The van der Waals surface area contributed by atoms with Gasteiger partial charge in [-0.15, -0.1) is 0 Å². The van der Waals surface area contributed by atoms with Crippen molar-refractivity contribution in [1.82, 2.24) is 5.32 Å². The first kappa shape index (κ1) is 15.4. The molecule has 2 aromatic carbocycles. The average molecular weight is 291 g/mol. The zero-order chi connectivity index (χ0) is 15.4. The van der Waals surface area contributed by atoms with E-state index in [2.05, 4.69) is 19.2 Å². The molecule has 112 valence electrons. The van der Waals surface area contributed by atoms with Crippen molar-refractivity contribution in [3.63, 3.8) is 0 Å². The lowest BCUT2D eigenvalue weighted by atomic mass is 10.1. The molecule has 0 aliphatic carbocycles. The van der Waals surface area contributed by atoms with Crippen LogP contribution < -0.4 is 10.1 Å². The Morgan fingerprint density at radius 1 is 1.05 bits per heavy atom. The molecule has 0 aliphatic heterocycles. The molecule has 0 atom stereocenters. The van der Waals surface area contributed by atoms with E-state index in [0.29, 0.717) is 18.3 Å². The van der Waals surface area contributed by atoms with Gasteiger partial charge in [-0.2, -0.15) is 0 Å². The molecular weight excluding hydrogens is 272 g/mol. The molecule has 2 aromatic rings. The van der Waals surface area contributed by atoms with E-state index >= 15 is 0 Å². The lowest BCUT2D eigenvalue weighted by Gasteiger charge is -2.14. The van der Waals surface area contributed by atoms with E-state index in [0.717, 1.165) is 23.3 Å². The van der Waals surface area contributed by atoms with E-state index in [-0.39, 0.29) is 5.75 Å². The maximum Gasteiger partial charge on any atom is 0.162 e. The molecule has 0 aromatic heterocycles. The summed E-state index contributed by atoms with van der Waals surface area (Å²) in [7, 11) is 0. The third kappa shape index (κ3) is 4.26. The van der Waals surface area contributed by atoms with Crippen molar-refractivity contribution >= 4 is 0 Å². The molecule has 0 spiro atoms. The first-order valence-corrected chi connectivity index (χ1v) is 6.91. The van der Waals surface area contributed by atoms with E-state index in [9.17, 15) is 8.78 Å². The van der Waals surface area contributed by atoms with Gasteiger partial charge in [-0.05, 0) is 25.1 Å². The summed E-state index contributed by atoms with van der Waals surface area (Å²) in [6.07, 6.45) is 0. The molecular formula is C17H19F2NO. The Kier molecular flexibility index (Phi) is 4.91. The van der Waals surface area contributed by atoms with E-state index in [1.807, 2.05) is 25.1 Å². The van der Waals surface area contributed by atoms with E-state index in [1.54, 1.807) is 0 Å². The summed E-state index contributed by atoms with van der Waals surface area (Å²) in [4.78, 5) is 0. The molecule has 0 fully saturated rings. The van der Waals surface area contributed by atoms with Crippen LogP contribution in [0.5, 0.6) is 11.5 Å². The Morgan fingerprint density at radius 2 is 1.81 bits per heavy atom. The number of ether oxygens (including phenoxy) is 1. The number of hydrogen-bond donors (Lipinski definition) is 1. The number of nitrogens with one attached hydrogen (secondary N) is 1. The third-order valence-electron chi connectivity index (χ3n) is 3.04. The van der Waals surface area contributed by atoms with Gasteiger partial charge in [-0.25, -0.2) is 8.78 Å². The number of rotatable bonds is 5. The lowest BCUT2D eigenvalue weighted by Crippen LogP contribution is -2.22. The van der Waals surface area contributed by atoms with Gasteiger partial charge in [0, 0.05) is 24.2 Å². The van der Waals surface area contributed by atoms with E-state index < -0.39 is 11.6 Å². The van der Waals surface area contributed by atoms with Gasteiger partial charge in [0.15, 0.2) is 11.6 Å². The van der Waals surface area contributed by atoms with Crippen molar-refractivity contribution in [2.45, 2.75) is 33.4 Å². The van der Waals surface area contributed by atoms with E-state index in [1.165, 1.54) is 6.07 Å². The zero-order valence-electron chi connectivity index (χ0n) is 12.4. The Hall–Kier alpha value is -1.94. The molecule has 1 N–H and O–H groups in total. The second kappa shape index (κ2) is 6.68. The second-order valence-electron chi connectivity index (χ2n) is 5.32. The van der Waals surface area contributed by atoms with Crippen molar-refractivity contribution < 1.29 is 13.5 Å². The minimum absolute atomic E-state index is 0.281. The van der Waals surface area contributed by atoms with Crippen molar-refractivity contribution in [3.05, 3.63) is 59.2 Å². The van der Waals surface area contributed by atoms with E-state index in [4.69, 9.17) is 4.74 Å². The van der Waals surface area contributed by atoms with Crippen LogP contribution >= 0.6 is 0 Å². The highest BCUT2D eigenvalue weighted by atomic mass is 19.2. The third-order valence-corrected chi connectivity index (χ3v) is 3.04. The largest absolute Gasteiger partial charge is 0.457 e. The van der Waals surface area contributed by atoms with Crippen LogP contribution in [-0.2, 0) is 6.54 Å². The summed E-state index contributed by atoms with van der Waals surface area (Å²) < 4.78 is 31.9. The zero-order valence-corrected chi connectivity index (χ0v) is 12.4. The first-order valence-electron chi connectivity index (χ1n) is 6.91. The smallest absolute Gasteiger partial charge is 0.162 e.